The molecule has 2 aliphatic rings. The van der Waals surface area contributed by atoms with E-state index in [9.17, 15) is 9.18 Å². The van der Waals surface area contributed by atoms with Crippen molar-refractivity contribution in [1.29, 1.82) is 0 Å². The van der Waals surface area contributed by atoms with E-state index in [-0.39, 0.29) is 18.5 Å². The van der Waals surface area contributed by atoms with Crippen LogP contribution in [0, 0.1) is 0 Å². The number of aliphatic imine (C=N–C) groups is 1. The van der Waals surface area contributed by atoms with Gasteiger partial charge in [-0.1, -0.05) is 0 Å². The summed E-state index contributed by atoms with van der Waals surface area (Å²) in [6.07, 6.45) is 4.92. The number of amides is 1. The van der Waals surface area contributed by atoms with E-state index in [1.165, 1.54) is 0 Å². The number of nitrogens with zero attached hydrogens (tertiary/aromatic N) is 5. The zero-order valence-corrected chi connectivity index (χ0v) is 19.1. The first kappa shape index (κ1) is 22.5. The number of likely N-dealkylation sites (tertiary alicyclic amines) is 2. The third-order valence-electron chi connectivity index (χ3n) is 6.68. The van der Waals surface area contributed by atoms with Gasteiger partial charge in [0.15, 0.2) is 0 Å². The molecule has 0 unspecified atom stereocenters. The number of carbonyl (C=O) groups excluding carboxylic acids is 1. The quantitative estimate of drug-likeness (QED) is 0.645. The molecule has 8 heteroatoms. The highest BCUT2D eigenvalue weighted by atomic mass is 19.1. The summed E-state index contributed by atoms with van der Waals surface area (Å²) in [5.74, 6) is 0.799. The molecule has 0 N–H and O–H groups in total. The number of methoxy groups -OCH3 is 1. The number of rotatable bonds is 6. The maximum atomic E-state index is 13.8. The fourth-order valence-corrected chi connectivity index (χ4v) is 4.78. The minimum Gasteiger partial charge on any atom is -0.497 e. The Balaban J connectivity index is 1.33. The Morgan fingerprint density at radius 2 is 2.12 bits per heavy atom. The van der Waals surface area contributed by atoms with Gasteiger partial charge in [0.2, 0.25) is 5.91 Å². The lowest BCUT2D eigenvalue weighted by molar-refractivity contribution is -0.132. The van der Waals surface area contributed by atoms with Crippen molar-refractivity contribution in [3.05, 3.63) is 30.5 Å². The lowest BCUT2D eigenvalue weighted by atomic mass is 10.0. The van der Waals surface area contributed by atoms with Gasteiger partial charge in [-0.2, -0.15) is 0 Å². The Hall–Kier alpha value is -2.74. The van der Waals surface area contributed by atoms with Crippen LogP contribution in [0.5, 0.6) is 5.75 Å². The van der Waals surface area contributed by atoms with Crippen molar-refractivity contribution in [2.45, 2.75) is 37.5 Å². The number of carbonyl (C=O) groups is 1. The number of benzene rings is 1. The molecule has 0 spiro atoms. The molecule has 2 saturated heterocycles. The molecule has 2 atom stereocenters. The van der Waals surface area contributed by atoms with Crippen molar-refractivity contribution in [2.75, 3.05) is 52.3 Å². The van der Waals surface area contributed by atoms with E-state index in [4.69, 9.17) is 4.74 Å². The van der Waals surface area contributed by atoms with Crippen LogP contribution in [0.3, 0.4) is 0 Å². The van der Waals surface area contributed by atoms with E-state index in [1.54, 1.807) is 25.3 Å². The molecule has 0 bridgehead atoms. The summed E-state index contributed by atoms with van der Waals surface area (Å²) >= 11 is 0. The van der Waals surface area contributed by atoms with Crippen LogP contribution in [0.2, 0.25) is 0 Å². The third kappa shape index (κ3) is 4.85. The van der Waals surface area contributed by atoms with Gasteiger partial charge in [-0.05, 0) is 31.0 Å². The van der Waals surface area contributed by atoms with Crippen LogP contribution < -0.4 is 9.64 Å². The van der Waals surface area contributed by atoms with Crippen molar-refractivity contribution in [3.63, 3.8) is 0 Å². The smallest absolute Gasteiger partial charge is 0.237 e. The third-order valence-corrected chi connectivity index (χ3v) is 6.68. The summed E-state index contributed by atoms with van der Waals surface area (Å²) in [5, 5.41) is 1.08. The number of hydrogen-bond acceptors (Lipinski definition) is 6. The molecule has 0 radical (unpaired) electrons. The molecule has 4 rings (SSSR count). The topological polar surface area (TPSA) is 61.3 Å². The Morgan fingerprint density at radius 3 is 2.84 bits per heavy atom. The van der Waals surface area contributed by atoms with E-state index in [1.807, 2.05) is 24.4 Å². The second kappa shape index (κ2) is 9.81. The maximum absolute atomic E-state index is 13.8. The summed E-state index contributed by atoms with van der Waals surface area (Å²) < 4.78 is 19.1. The number of piperidine rings is 1. The number of alkyl halides is 1. The Bertz CT molecular complexity index is 976. The molecule has 2 aromatic rings. The highest BCUT2D eigenvalue weighted by Crippen LogP contribution is 2.27. The van der Waals surface area contributed by atoms with Crippen LogP contribution >= 0.6 is 0 Å². The first-order valence-corrected chi connectivity index (χ1v) is 11.2. The first-order chi connectivity index (χ1) is 15.5. The van der Waals surface area contributed by atoms with Crippen molar-refractivity contribution in [3.8, 4) is 5.75 Å². The van der Waals surface area contributed by atoms with E-state index >= 15 is 0 Å². The molecule has 0 aliphatic carbocycles. The summed E-state index contributed by atoms with van der Waals surface area (Å²) in [7, 11) is 5.43. The van der Waals surface area contributed by atoms with Crippen molar-refractivity contribution < 1.29 is 13.9 Å². The minimum absolute atomic E-state index is 0.00369. The second-order valence-electron chi connectivity index (χ2n) is 8.72. The minimum atomic E-state index is -0.960. The van der Waals surface area contributed by atoms with E-state index < -0.39 is 6.17 Å². The van der Waals surface area contributed by atoms with Crippen LogP contribution in [0.25, 0.3) is 10.9 Å². The van der Waals surface area contributed by atoms with Gasteiger partial charge < -0.3 is 14.5 Å². The molecule has 7 nitrogen and oxygen atoms in total. The number of hydrogen-bond donors (Lipinski definition) is 0. The summed E-state index contributed by atoms with van der Waals surface area (Å²) in [6.45, 7) is 2.21. The molecule has 0 saturated carbocycles. The molecule has 3 heterocycles. The van der Waals surface area contributed by atoms with Gasteiger partial charge in [0, 0.05) is 57.3 Å². The van der Waals surface area contributed by atoms with Crippen LogP contribution in [0.4, 0.5) is 10.1 Å². The lowest BCUT2D eigenvalue weighted by Crippen LogP contribution is -2.48. The van der Waals surface area contributed by atoms with Crippen LogP contribution in [0.1, 0.15) is 19.3 Å². The van der Waals surface area contributed by atoms with Gasteiger partial charge in [-0.15, -0.1) is 0 Å². The Morgan fingerprint density at radius 1 is 1.34 bits per heavy atom. The molecule has 1 aromatic carbocycles. The van der Waals surface area contributed by atoms with Gasteiger partial charge in [0.1, 0.15) is 11.9 Å². The van der Waals surface area contributed by atoms with Gasteiger partial charge in [-0.25, -0.2) is 4.39 Å². The number of ether oxygens (including phenoxy) is 1. The Labute approximate surface area is 188 Å². The average Bonchev–Trinajstić information content (AvgIpc) is 3.19. The van der Waals surface area contributed by atoms with Crippen LogP contribution in [-0.2, 0) is 4.79 Å². The molecular formula is C24H32FN5O2. The largest absolute Gasteiger partial charge is 0.497 e. The van der Waals surface area contributed by atoms with E-state index in [0.29, 0.717) is 19.0 Å². The van der Waals surface area contributed by atoms with E-state index in [0.717, 1.165) is 48.3 Å². The first-order valence-electron chi connectivity index (χ1n) is 11.2. The second-order valence-corrected chi connectivity index (χ2v) is 8.72. The van der Waals surface area contributed by atoms with Gasteiger partial charge in [-0.3, -0.25) is 19.7 Å². The van der Waals surface area contributed by atoms with Crippen LogP contribution in [0.15, 0.2) is 35.5 Å². The van der Waals surface area contributed by atoms with E-state index in [2.05, 4.69) is 32.9 Å². The average molecular weight is 442 g/mol. The number of fused-ring (bicyclic) bond motifs is 1. The number of aromatic nitrogens is 1. The maximum Gasteiger partial charge on any atom is 0.237 e. The van der Waals surface area contributed by atoms with Crippen LogP contribution in [-0.4, -0.2) is 92.5 Å². The number of pyridine rings is 1. The number of halogens is 1. The molecule has 172 valence electrons. The zero-order valence-electron chi connectivity index (χ0n) is 19.1. The summed E-state index contributed by atoms with van der Waals surface area (Å²) in [6, 6.07) is 8.26. The SMILES string of the molecule is CN=C[C@@H]1C[C@H](F)CN1C(=O)CN1CCC(N(C)c2cnc3cc(OC)ccc3c2)CC1. The standard InChI is InChI=1S/C24H32FN5O2/c1-26-13-21-11-18(25)15-30(21)24(31)16-29-8-6-19(7-9-29)28(2)20-10-17-4-5-22(32-3)12-23(17)27-14-20/h4-5,10,12-14,18-19,21H,6-9,11,15-16H2,1-3H3/t18-,21-/m0/s1. The molecule has 32 heavy (non-hydrogen) atoms. The molecule has 2 aliphatic heterocycles. The van der Waals surface area contributed by atoms with Gasteiger partial charge in [0.05, 0.1) is 43.6 Å². The molecule has 1 amide bonds. The predicted molar refractivity (Wildman–Crippen MR) is 126 cm³/mol. The van der Waals surface area contributed by atoms with Gasteiger partial charge >= 0.3 is 0 Å². The van der Waals surface area contributed by atoms with Gasteiger partial charge in [0.25, 0.3) is 0 Å². The predicted octanol–water partition coefficient (Wildman–Crippen LogP) is 2.78. The summed E-state index contributed by atoms with van der Waals surface area (Å²) in [4.78, 5) is 27.5. The fraction of sp³-hybridized carbons (Fsp3) is 0.542. The van der Waals surface area contributed by atoms with Crippen molar-refractivity contribution in [1.82, 2.24) is 14.8 Å². The highest BCUT2D eigenvalue weighted by Gasteiger charge is 2.35. The fourth-order valence-electron chi connectivity index (χ4n) is 4.78. The highest BCUT2D eigenvalue weighted by molar-refractivity contribution is 5.84. The lowest BCUT2D eigenvalue weighted by Gasteiger charge is -2.38. The zero-order chi connectivity index (χ0) is 22.7. The van der Waals surface area contributed by atoms with Crippen molar-refractivity contribution in [2.24, 2.45) is 4.99 Å². The molecule has 2 fully saturated rings. The summed E-state index contributed by atoms with van der Waals surface area (Å²) in [5.41, 5.74) is 2.00. The molecule has 1 aromatic heterocycles. The Kier molecular flexibility index (Phi) is 6.89. The normalized spacial score (nSPS) is 22.7. The monoisotopic (exact) mass is 441 g/mol. The molecular weight excluding hydrogens is 409 g/mol. The van der Waals surface area contributed by atoms with Crippen molar-refractivity contribution >= 4 is 28.7 Å². The number of anilines is 1.